The molecule has 2 heterocycles. The highest BCUT2D eigenvalue weighted by Crippen LogP contribution is 2.44. The molecule has 0 radical (unpaired) electrons. The van der Waals surface area contributed by atoms with Crippen LogP contribution >= 0.6 is 11.6 Å². The van der Waals surface area contributed by atoms with Crippen molar-refractivity contribution in [3.05, 3.63) is 89.1 Å². The normalized spacial score (nSPS) is 14.0. The van der Waals surface area contributed by atoms with Gasteiger partial charge in [0.1, 0.15) is 0 Å². The molecule has 1 aliphatic rings. The van der Waals surface area contributed by atoms with Crippen molar-refractivity contribution in [2.45, 2.75) is 51.0 Å². The zero-order chi connectivity index (χ0) is 28.5. The summed E-state index contributed by atoms with van der Waals surface area (Å²) in [5, 5.41) is 15.0. The maximum atomic E-state index is 13.5. The number of fused-ring (bicyclic) bond motifs is 2. The van der Waals surface area contributed by atoms with Crippen molar-refractivity contribution in [1.29, 1.82) is 0 Å². The quantitative estimate of drug-likeness (QED) is 0.166. The molecule has 7 nitrogen and oxygen atoms in total. The van der Waals surface area contributed by atoms with E-state index in [4.69, 9.17) is 11.6 Å². The van der Waals surface area contributed by atoms with Gasteiger partial charge >= 0.3 is 5.97 Å². The number of anilines is 1. The molecule has 0 bridgehead atoms. The fraction of sp³-hybridized carbons (Fsp3) is 0.242. The monoisotopic (exact) mass is 567 g/mol. The number of aromatic nitrogens is 2. The van der Waals surface area contributed by atoms with E-state index in [0.717, 1.165) is 58.8 Å². The van der Waals surface area contributed by atoms with Crippen molar-refractivity contribution in [3.8, 4) is 11.3 Å². The molecule has 0 unspecified atom stereocenters. The largest absolute Gasteiger partial charge is 0.478 e. The van der Waals surface area contributed by atoms with Gasteiger partial charge in [0, 0.05) is 27.5 Å². The van der Waals surface area contributed by atoms with E-state index in [-0.39, 0.29) is 30.2 Å². The lowest BCUT2D eigenvalue weighted by Gasteiger charge is -2.23. The lowest BCUT2D eigenvalue weighted by atomic mass is 9.82. The summed E-state index contributed by atoms with van der Waals surface area (Å²) in [4.78, 5) is 41.5. The number of Topliss-reactive ketones (excluding diaryl/α,β-unsaturated/α-hetero) is 1. The van der Waals surface area contributed by atoms with Crippen molar-refractivity contribution < 1.29 is 19.5 Å². The number of ketones is 1. The van der Waals surface area contributed by atoms with Gasteiger partial charge in [-0.05, 0) is 60.2 Å². The van der Waals surface area contributed by atoms with Gasteiger partial charge in [-0.3, -0.25) is 9.59 Å². The lowest BCUT2D eigenvalue weighted by Crippen LogP contribution is -2.20. The summed E-state index contributed by atoms with van der Waals surface area (Å²) in [6, 6.07) is 20.3. The summed E-state index contributed by atoms with van der Waals surface area (Å²) >= 11 is 6.23. The molecule has 1 fully saturated rings. The fourth-order valence-electron chi connectivity index (χ4n) is 6.18. The summed E-state index contributed by atoms with van der Waals surface area (Å²) in [6.45, 7) is -0.0639. The first-order valence-corrected chi connectivity index (χ1v) is 14.3. The minimum absolute atomic E-state index is 0.0639. The minimum atomic E-state index is -1.03. The number of para-hydroxylation sites is 1. The Balaban J connectivity index is 1.39. The van der Waals surface area contributed by atoms with Gasteiger partial charge in [0.25, 0.3) is 0 Å². The third-order valence-electron chi connectivity index (χ3n) is 8.04. The molecule has 5 aromatic rings. The number of hydrogen-bond donors (Lipinski definition) is 3. The highest BCUT2D eigenvalue weighted by atomic mass is 35.5. The molecular formula is C33H30ClN3O4. The predicted molar refractivity (Wildman–Crippen MR) is 162 cm³/mol. The Kier molecular flexibility index (Phi) is 7.37. The molecule has 0 spiro atoms. The van der Waals surface area contributed by atoms with E-state index in [1.54, 1.807) is 18.3 Å². The first-order valence-electron chi connectivity index (χ1n) is 13.9. The Morgan fingerprint density at radius 1 is 0.951 bits per heavy atom. The molecule has 8 heteroatoms. The van der Waals surface area contributed by atoms with Crippen LogP contribution in [-0.2, 0) is 16.1 Å². The van der Waals surface area contributed by atoms with E-state index in [1.807, 2.05) is 59.2 Å². The molecule has 0 saturated heterocycles. The van der Waals surface area contributed by atoms with Crippen molar-refractivity contribution in [1.82, 2.24) is 9.55 Å². The number of aromatic amines is 1. The highest BCUT2D eigenvalue weighted by molar-refractivity contribution is 6.30. The number of aromatic carboxylic acids is 1. The topological polar surface area (TPSA) is 104 Å². The fourth-order valence-corrected chi connectivity index (χ4v) is 6.30. The lowest BCUT2D eigenvalue weighted by molar-refractivity contribution is -0.125. The van der Waals surface area contributed by atoms with E-state index in [9.17, 15) is 19.5 Å². The number of carbonyl (C=O) groups excluding carboxylic acids is 2. The molecule has 1 saturated carbocycles. The van der Waals surface area contributed by atoms with Gasteiger partial charge in [0.2, 0.25) is 5.91 Å². The molecule has 3 aromatic carbocycles. The van der Waals surface area contributed by atoms with Gasteiger partial charge in [0.05, 0.1) is 35.4 Å². The zero-order valence-electron chi connectivity index (χ0n) is 22.5. The summed E-state index contributed by atoms with van der Waals surface area (Å²) in [5.41, 5.74) is 5.27. The van der Waals surface area contributed by atoms with Crippen LogP contribution in [0.3, 0.4) is 0 Å². The number of carbonyl (C=O) groups is 3. The average Bonchev–Trinajstić information content (AvgIpc) is 3.52. The van der Waals surface area contributed by atoms with E-state index in [0.29, 0.717) is 16.2 Å². The number of amides is 1. The molecule has 0 atom stereocenters. The van der Waals surface area contributed by atoms with Crippen LogP contribution < -0.4 is 5.32 Å². The van der Waals surface area contributed by atoms with Crippen LogP contribution in [0, 0.1) is 0 Å². The summed E-state index contributed by atoms with van der Waals surface area (Å²) < 4.78 is 1.90. The van der Waals surface area contributed by atoms with Crippen molar-refractivity contribution in [3.63, 3.8) is 0 Å². The Morgan fingerprint density at radius 2 is 1.71 bits per heavy atom. The zero-order valence-corrected chi connectivity index (χ0v) is 23.2. The van der Waals surface area contributed by atoms with Crippen molar-refractivity contribution in [2.75, 3.05) is 5.32 Å². The van der Waals surface area contributed by atoms with Gasteiger partial charge < -0.3 is 20.0 Å². The molecular weight excluding hydrogens is 538 g/mol. The number of rotatable bonds is 8. The molecule has 6 rings (SSSR count). The van der Waals surface area contributed by atoms with Gasteiger partial charge in [-0.1, -0.05) is 67.3 Å². The first-order chi connectivity index (χ1) is 19.9. The van der Waals surface area contributed by atoms with E-state index >= 15 is 0 Å². The summed E-state index contributed by atoms with van der Waals surface area (Å²) in [6.07, 6.45) is 6.90. The van der Waals surface area contributed by atoms with Gasteiger partial charge in [-0.2, -0.15) is 0 Å². The molecule has 2 aromatic heterocycles. The van der Waals surface area contributed by atoms with E-state index in [1.165, 1.54) is 6.42 Å². The molecule has 208 valence electrons. The van der Waals surface area contributed by atoms with Crippen LogP contribution in [0.5, 0.6) is 0 Å². The Bertz CT molecular complexity index is 1780. The van der Waals surface area contributed by atoms with Crippen molar-refractivity contribution in [2.24, 2.45) is 0 Å². The number of benzene rings is 3. The smallest absolute Gasteiger partial charge is 0.335 e. The van der Waals surface area contributed by atoms with E-state index < -0.39 is 11.9 Å². The third kappa shape index (κ3) is 5.37. The van der Waals surface area contributed by atoms with Crippen LogP contribution in [0.15, 0.2) is 72.9 Å². The van der Waals surface area contributed by atoms with Crippen LogP contribution in [0.1, 0.15) is 60.4 Å². The molecule has 0 aliphatic heterocycles. The molecule has 1 aliphatic carbocycles. The molecule has 41 heavy (non-hydrogen) atoms. The van der Waals surface area contributed by atoms with Gasteiger partial charge in [0.15, 0.2) is 5.78 Å². The minimum Gasteiger partial charge on any atom is -0.478 e. The third-order valence-corrected chi connectivity index (χ3v) is 8.29. The Labute approximate surface area is 242 Å². The number of carboxylic acid groups (broad SMARTS) is 1. The Morgan fingerprint density at radius 3 is 2.46 bits per heavy atom. The summed E-state index contributed by atoms with van der Waals surface area (Å²) in [7, 11) is 0. The number of halogens is 1. The van der Waals surface area contributed by atoms with Crippen LogP contribution in [-0.4, -0.2) is 32.3 Å². The Hall–Kier alpha value is -4.36. The predicted octanol–water partition coefficient (Wildman–Crippen LogP) is 7.79. The second-order valence-electron chi connectivity index (χ2n) is 10.7. The maximum Gasteiger partial charge on any atom is 0.335 e. The van der Waals surface area contributed by atoms with Gasteiger partial charge in [-0.15, -0.1) is 0 Å². The van der Waals surface area contributed by atoms with E-state index in [2.05, 4.69) is 10.3 Å². The number of nitrogens with one attached hydrogen (secondary N) is 2. The number of H-pyrrole nitrogens is 1. The number of carboxylic acids is 1. The standard InChI is InChI=1S/C33H30ClN3O4/c34-23-13-10-21(11-14-23)32-31(20-6-2-1-3-7-20)26-15-12-22(33(40)41)16-29(26)37(32)19-24(38)17-30(39)36-28-18-35-27-9-5-4-8-25(27)28/h4-5,8-16,18,20,35H,1-3,6-7,17,19H2,(H,36,39)(H,40,41). The van der Waals surface area contributed by atoms with Crippen molar-refractivity contribution >= 4 is 56.8 Å². The van der Waals surface area contributed by atoms with Crippen LogP contribution in [0.2, 0.25) is 5.02 Å². The molecule has 3 N–H and O–H groups in total. The van der Waals surface area contributed by atoms with Crippen LogP contribution in [0.4, 0.5) is 5.69 Å². The SMILES string of the molecule is O=C(CC(=O)Nc1c[nH]c2ccccc12)Cn1c(-c2ccc(Cl)cc2)c(C2CCCCC2)c2ccc(C(=O)O)cc21. The number of nitrogens with zero attached hydrogens (tertiary/aromatic N) is 1. The van der Waals surface area contributed by atoms with Gasteiger partial charge in [-0.25, -0.2) is 4.79 Å². The number of hydrogen-bond acceptors (Lipinski definition) is 3. The highest BCUT2D eigenvalue weighted by Gasteiger charge is 2.28. The first kappa shape index (κ1) is 26.8. The second-order valence-corrected chi connectivity index (χ2v) is 11.2. The second kappa shape index (κ2) is 11.3. The average molecular weight is 568 g/mol. The van der Waals surface area contributed by atoms with Crippen LogP contribution in [0.25, 0.3) is 33.1 Å². The molecule has 1 amide bonds. The maximum absolute atomic E-state index is 13.5. The summed E-state index contributed by atoms with van der Waals surface area (Å²) in [5.74, 6) is -1.42.